The van der Waals surface area contributed by atoms with Crippen molar-refractivity contribution in [1.29, 1.82) is 0 Å². The summed E-state index contributed by atoms with van der Waals surface area (Å²) in [7, 11) is 0. The fourth-order valence-corrected chi connectivity index (χ4v) is 1.88. The summed E-state index contributed by atoms with van der Waals surface area (Å²) < 4.78 is 27.1. The molecule has 0 aromatic heterocycles. The molecule has 0 aliphatic carbocycles. The quantitative estimate of drug-likeness (QED) is 0.707. The summed E-state index contributed by atoms with van der Waals surface area (Å²) >= 11 is 0. The smallest absolute Gasteiger partial charge is 0.263 e. The highest BCUT2D eigenvalue weighted by atomic mass is 19.3. The molecular formula is C10H19F2N. The lowest BCUT2D eigenvalue weighted by atomic mass is 9.86. The minimum Gasteiger partial charge on any atom is -0.309 e. The van der Waals surface area contributed by atoms with Gasteiger partial charge in [0, 0.05) is 6.42 Å². The van der Waals surface area contributed by atoms with Gasteiger partial charge in [-0.2, -0.15) is 0 Å². The van der Waals surface area contributed by atoms with E-state index in [0.29, 0.717) is 6.42 Å². The monoisotopic (exact) mass is 191 g/mol. The predicted octanol–water partition coefficient (Wildman–Crippen LogP) is 2.81. The van der Waals surface area contributed by atoms with Crippen LogP contribution in [-0.4, -0.2) is 18.5 Å². The predicted molar refractivity (Wildman–Crippen MR) is 50.0 cm³/mol. The Morgan fingerprint density at radius 1 is 1.31 bits per heavy atom. The van der Waals surface area contributed by atoms with Crippen LogP contribution in [-0.2, 0) is 0 Å². The standard InChI is InChI=1S/C10H19F2N/c1-9(2,3)7-10(11,12)8-5-4-6-13-8/h8,13H,4-7H2,1-3H3. The molecule has 1 saturated heterocycles. The molecule has 1 aliphatic heterocycles. The summed E-state index contributed by atoms with van der Waals surface area (Å²) in [5.74, 6) is -2.55. The highest BCUT2D eigenvalue weighted by Gasteiger charge is 2.43. The maximum Gasteiger partial charge on any atom is 0.263 e. The van der Waals surface area contributed by atoms with Gasteiger partial charge < -0.3 is 5.32 Å². The Kier molecular flexibility index (Phi) is 2.95. The molecule has 1 rings (SSSR count). The average Bonchev–Trinajstić information content (AvgIpc) is 2.29. The first-order chi connectivity index (χ1) is 5.81. The molecule has 1 N–H and O–H groups in total. The van der Waals surface area contributed by atoms with Crippen LogP contribution in [0.5, 0.6) is 0 Å². The Balaban J connectivity index is 2.53. The number of hydrogen-bond acceptors (Lipinski definition) is 1. The summed E-state index contributed by atoms with van der Waals surface area (Å²) in [6.07, 6.45) is 1.46. The lowest BCUT2D eigenvalue weighted by Crippen LogP contribution is -2.43. The van der Waals surface area contributed by atoms with E-state index < -0.39 is 12.0 Å². The van der Waals surface area contributed by atoms with Gasteiger partial charge in [0.2, 0.25) is 0 Å². The van der Waals surface area contributed by atoms with Crippen LogP contribution in [0.2, 0.25) is 0 Å². The molecular weight excluding hydrogens is 172 g/mol. The molecule has 1 atom stereocenters. The highest BCUT2D eigenvalue weighted by Crippen LogP contribution is 2.36. The molecule has 1 fully saturated rings. The first-order valence-corrected chi connectivity index (χ1v) is 4.92. The maximum atomic E-state index is 13.6. The second kappa shape index (κ2) is 3.52. The van der Waals surface area contributed by atoms with Crippen LogP contribution in [0.4, 0.5) is 8.78 Å². The first kappa shape index (κ1) is 10.9. The second-order valence-electron chi connectivity index (χ2n) is 5.15. The van der Waals surface area contributed by atoms with Gasteiger partial charge in [-0.05, 0) is 24.8 Å². The van der Waals surface area contributed by atoms with Gasteiger partial charge in [-0.15, -0.1) is 0 Å². The second-order valence-corrected chi connectivity index (χ2v) is 5.15. The number of alkyl halides is 2. The van der Waals surface area contributed by atoms with Gasteiger partial charge in [0.25, 0.3) is 5.92 Å². The van der Waals surface area contributed by atoms with Crippen molar-refractivity contribution >= 4 is 0 Å². The van der Waals surface area contributed by atoms with Crippen molar-refractivity contribution in [2.24, 2.45) is 5.41 Å². The van der Waals surface area contributed by atoms with Crippen molar-refractivity contribution in [3.63, 3.8) is 0 Å². The lowest BCUT2D eigenvalue weighted by molar-refractivity contribution is -0.0631. The molecule has 0 amide bonds. The Morgan fingerprint density at radius 2 is 1.92 bits per heavy atom. The van der Waals surface area contributed by atoms with Crippen LogP contribution in [0, 0.1) is 5.41 Å². The molecule has 1 heterocycles. The Morgan fingerprint density at radius 3 is 2.31 bits per heavy atom. The summed E-state index contributed by atoms with van der Waals surface area (Å²) in [6, 6.07) is -0.591. The van der Waals surface area contributed by atoms with Crippen LogP contribution in [0.1, 0.15) is 40.0 Å². The topological polar surface area (TPSA) is 12.0 Å². The molecule has 0 aromatic rings. The molecule has 0 spiro atoms. The van der Waals surface area contributed by atoms with Crippen LogP contribution >= 0.6 is 0 Å². The van der Waals surface area contributed by atoms with Crippen LogP contribution < -0.4 is 5.32 Å². The fourth-order valence-electron chi connectivity index (χ4n) is 1.88. The maximum absolute atomic E-state index is 13.6. The molecule has 13 heavy (non-hydrogen) atoms. The van der Waals surface area contributed by atoms with Crippen molar-refractivity contribution in [3.8, 4) is 0 Å². The first-order valence-electron chi connectivity index (χ1n) is 4.92. The van der Waals surface area contributed by atoms with E-state index in [4.69, 9.17) is 0 Å². The largest absolute Gasteiger partial charge is 0.309 e. The van der Waals surface area contributed by atoms with E-state index >= 15 is 0 Å². The van der Waals surface area contributed by atoms with Gasteiger partial charge in [0.1, 0.15) is 0 Å². The minimum absolute atomic E-state index is 0.0301. The Bertz CT molecular complexity index is 166. The van der Waals surface area contributed by atoms with Crippen LogP contribution in [0.15, 0.2) is 0 Å². The van der Waals surface area contributed by atoms with Crippen LogP contribution in [0.3, 0.4) is 0 Å². The third-order valence-corrected chi connectivity index (χ3v) is 2.34. The average molecular weight is 191 g/mol. The minimum atomic E-state index is -2.55. The lowest BCUT2D eigenvalue weighted by Gasteiger charge is -2.30. The van der Waals surface area contributed by atoms with Gasteiger partial charge in [0.05, 0.1) is 6.04 Å². The Labute approximate surface area is 78.9 Å². The number of nitrogens with one attached hydrogen (secondary N) is 1. The molecule has 0 radical (unpaired) electrons. The van der Waals surface area contributed by atoms with Crippen molar-refractivity contribution in [2.75, 3.05) is 6.54 Å². The van der Waals surface area contributed by atoms with E-state index in [1.165, 1.54) is 0 Å². The van der Waals surface area contributed by atoms with Gasteiger partial charge in [-0.3, -0.25) is 0 Å². The molecule has 0 bridgehead atoms. The fraction of sp³-hybridized carbons (Fsp3) is 1.00. The Hall–Kier alpha value is -0.180. The summed E-state index contributed by atoms with van der Waals surface area (Å²) in [5.41, 5.74) is -0.298. The molecule has 3 heteroatoms. The van der Waals surface area contributed by atoms with E-state index in [1.807, 2.05) is 20.8 Å². The van der Waals surface area contributed by atoms with Crippen molar-refractivity contribution < 1.29 is 8.78 Å². The zero-order valence-electron chi connectivity index (χ0n) is 8.66. The number of rotatable bonds is 2. The zero-order valence-corrected chi connectivity index (χ0v) is 8.66. The summed E-state index contributed by atoms with van der Waals surface area (Å²) in [5, 5.41) is 2.87. The summed E-state index contributed by atoms with van der Waals surface area (Å²) in [4.78, 5) is 0. The van der Waals surface area contributed by atoms with Gasteiger partial charge in [-0.25, -0.2) is 8.78 Å². The van der Waals surface area contributed by atoms with E-state index in [-0.39, 0.29) is 11.8 Å². The van der Waals surface area contributed by atoms with E-state index in [9.17, 15) is 8.78 Å². The molecule has 0 aromatic carbocycles. The number of hydrogen-bond donors (Lipinski definition) is 1. The van der Waals surface area contributed by atoms with Crippen molar-refractivity contribution in [3.05, 3.63) is 0 Å². The van der Waals surface area contributed by atoms with E-state index in [2.05, 4.69) is 5.32 Å². The molecule has 1 nitrogen and oxygen atoms in total. The van der Waals surface area contributed by atoms with Crippen molar-refractivity contribution in [1.82, 2.24) is 5.32 Å². The van der Waals surface area contributed by atoms with E-state index in [1.54, 1.807) is 0 Å². The van der Waals surface area contributed by atoms with Crippen LogP contribution in [0.25, 0.3) is 0 Å². The zero-order chi connectivity index (χ0) is 10.1. The SMILES string of the molecule is CC(C)(C)CC(F)(F)C1CCCN1. The molecule has 78 valence electrons. The molecule has 1 aliphatic rings. The third-order valence-electron chi connectivity index (χ3n) is 2.34. The third kappa shape index (κ3) is 3.22. The molecule has 1 unspecified atom stereocenters. The normalized spacial score (nSPS) is 25.2. The van der Waals surface area contributed by atoms with Gasteiger partial charge >= 0.3 is 0 Å². The summed E-state index contributed by atoms with van der Waals surface area (Å²) in [6.45, 7) is 6.31. The van der Waals surface area contributed by atoms with Crippen molar-refractivity contribution in [2.45, 2.75) is 52.0 Å². The molecule has 0 saturated carbocycles. The highest BCUT2D eigenvalue weighted by molar-refractivity contribution is 4.90. The van der Waals surface area contributed by atoms with E-state index in [0.717, 1.165) is 13.0 Å². The van der Waals surface area contributed by atoms with Gasteiger partial charge in [0.15, 0.2) is 0 Å². The van der Waals surface area contributed by atoms with Gasteiger partial charge in [-0.1, -0.05) is 20.8 Å². The number of halogens is 2.